The predicted molar refractivity (Wildman–Crippen MR) is 119 cm³/mol. The summed E-state index contributed by atoms with van der Waals surface area (Å²) in [6.07, 6.45) is 22.5. The number of benzene rings is 1. The summed E-state index contributed by atoms with van der Waals surface area (Å²) in [5.41, 5.74) is 0. The molecule has 0 radical (unpaired) electrons. The quantitative estimate of drug-likeness (QED) is 0.143. The molecule has 0 atom stereocenters. The Balaban J connectivity index is 0.00000841. The molecule has 0 aliphatic heterocycles. The second-order valence-electron chi connectivity index (χ2n) is 7.71. The molecule has 0 spiro atoms. The van der Waals surface area contributed by atoms with Gasteiger partial charge in [0, 0.05) is 0 Å². The summed E-state index contributed by atoms with van der Waals surface area (Å²) in [7, 11) is -4.38. The van der Waals surface area contributed by atoms with Crippen molar-refractivity contribution >= 4 is 10.1 Å². The van der Waals surface area contributed by atoms with Crippen LogP contribution in [0, 0.1) is 0 Å². The standard InChI is InChI=1S/C24H40O4S.K/c1-2-3-4-5-6-7-8-9-10-11-12-13-14-15-16-17-22-28-23-18-20-24(21-19-23)29(25,26)27;/h9-10,18-21H,2-8,11-17,22H2,1H3,(H,25,26,27);/q;+1/p-1/b10-9-;. The molecule has 1 aromatic carbocycles. The Morgan fingerprint density at radius 3 is 1.73 bits per heavy atom. The van der Waals surface area contributed by atoms with Crippen molar-refractivity contribution in [2.24, 2.45) is 0 Å². The molecule has 0 aromatic heterocycles. The van der Waals surface area contributed by atoms with E-state index in [1.54, 1.807) is 0 Å². The summed E-state index contributed by atoms with van der Waals surface area (Å²) in [5.74, 6) is 0.602. The zero-order valence-electron chi connectivity index (χ0n) is 19.1. The van der Waals surface area contributed by atoms with Gasteiger partial charge in [-0.05, 0) is 56.4 Å². The average molecular weight is 463 g/mol. The van der Waals surface area contributed by atoms with Gasteiger partial charge in [-0.1, -0.05) is 76.9 Å². The summed E-state index contributed by atoms with van der Waals surface area (Å²) < 4.78 is 38.2. The molecule has 6 heteroatoms. The zero-order chi connectivity index (χ0) is 21.2. The van der Waals surface area contributed by atoms with Gasteiger partial charge in [-0.2, -0.15) is 0 Å². The molecule has 0 amide bonds. The van der Waals surface area contributed by atoms with E-state index in [1.807, 2.05) is 0 Å². The van der Waals surface area contributed by atoms with Gasteiger partial charge in [-0.25, -0.2) is 8.42 Å². The molecule has 166 valence electrons. The van der Waals surface area contributed by atoms with Crippen LogP contribution in [0.15, 0.2) is 41.3 Å². The SMILES string of the molecule is CCCCCCCC/C=C\CCCCCCCCOc1ccc(S(=O)(=O)[O-])cc1.[K+]. The molecule has 0 unspecified atom stereocenters. The third-order valence-corrected chi connectivity index (χ3v) is 5.89. The number of rotatable bonds is 18. The first-order chi connectivity index (χ1) is 14.0. The molecule has 1 aromatic rings. The first kappa shape index (κ1) is 30.3. The van der Waals surface area contributed by atoms with E-state index in [9.17, 15) is 13.0 Å². The van der Waals surface area contributed by atoms with E-state index in [4.69, 9.17) is 4.74 Å². The molecule has 0 N–H and O–H groups in total. The van der Waals surface area contributed by atoms with Crippen LogP contribution in [0.3, 0.4) is 0 Å². The molecule has 4 nitrogen and oxygen atoms in total. The maximum absolute atomic E-state index is 10.9. The topological polar surface area (TPSA) is 66.4 Å². The minimum Gasteiger partial charge on any atom is -0.744 e. The molecule has 0 aliphatic rings. The predicted octanol–water partition coefficient (Wildman–Crippen LogP) is 4.01. The molecule has 0 saturated carbocycles. The summed E-state index contributed by atoms with van der Waals surface area (Å²) in [4.78, 5) is -0.220. The maximum atomic E-state index is 10.9. The summed E-state index contributed by atoms with van der Waals surface area (Å²) in [5, 5.41) is 0. The molecule has 0 heterocycles. The van der Waals surface area contributed by atoms with Crippen LogP contribution in [0.4, 0.5) is 0 Å². The van der Waals surface area contributed by atoms with E-state index < -0.39 is 10.1 Å². The van der Waals surface area contributed by atoms with Gasteiger partial charge < -0.3 is 9.29 Å². The Hall–Kier alpha value is 0.306. The fraction of sp³-hybridized carbons (Fsp3) is 0.667. The molecule has 1 rings (SSSR count). The van der Waals surface area contributed by atoms with Crippen molar-refractivity contribution in [3.05, 3.63) is 36.4 Å². The van der Waals surface area contributed by atoms with Gasteiger partial charge in [-0.3, -0.25) is 0 Å². The number of unbranched alkanes of at least 4 members (excludes halogenated alkanes) is 12. The molecule has 0 bridgehead atoms. The van der Waals surface area contributed by atoms with Crippen LogP contribution in [0.1, 0.15) is 96.8 Å². The average Bonchev–Trinajstić information content (AvgIpc) is 2.70. The minimum absolute atomic E-state index is 0. The second kappa shape index (κ2) is 20.0. The Kier molecular flexibility index (Phi) is 20.2. The van der Waals surface area contributed by atoms with Gasteiger partial charge in [0.1, 0.15) is 15.9 Å². The van der Waals surface area contributed by atoms with Crippen LogP contribution < -0.4 is 56.1 Å². The largest absolute Gasteiger partial charge is 1.00 e. The molecular formula is C24H39KO4S. The Morgan fingerprint density at radius 2 is 1.23 bits per heavy atom. The number of ether oxygens (including phenoxy) is 1. The van der Waals surface area contributed by atoms with Crippen molar-refractivity contribution < 1.29 is 69.1 Å². The molecule has 0 aliphatic carbocycles. The number of hydrogen-bond donors (Lipinski definition) is 0. The van der Waals surface area contributed by atoms with Crippen molar-refractivity contribution in [1.29, 1.82) is 0 Å². The van der Waals surface area contributed by atoms with E-state index >= 15 is 0 Å². The third-order valence-electron chi connectivity index (χ3n) is 5.04. The molecule has 0 saturated heterocycles. The van der Waals surface area contributed by atoms with Crippen molar-refractivity contribution in [3.63, 3.8) is 0 Å². The number of hydrogen-bond acceptors (Lipinski definition) is 4. The van der Waals surface area contributed by atoms with Crippen LogP contribution in [-0.2, 0) is 10.1 Å². The van der Waals surface area contributed by atoms with E-state index in [0.29, 0.717) is 12.4 Å². The van der Waals surface area contributed by atoms with Crippen LogP contribution >= 0.6 is 0 Å². The summed E-state index contributed by atoms with van der Waals surface area (Å²) in [6.45, 7) is 2.88. The Labute approximate surface area is 227 Å². The first-order valence-electron chi connectivity index (χ1n) is 11.4. The van der Waals surface area contributed by atoms with Gasteiger partial charge in [0.05, 0.1) is 11.5 Å². The molecule has 0 fully saturated rings. The summed E-state index contributed by atoms with van der Waals surface area (Å²) >= 11 is 0. The smallest absolute Gasteiger partial charge is 0.744 e. The first-order valence-corrected chi connectivity index (χ1v) is 12.8. The zero-order valence-corrected chi connectivity index (χ0v) is 23.1. The third kappa shape index (κ3) is 16.9. The van der Waals surface area contributed by atoms with Gasteiger partial charge in [0.15, 0.2) is 0 Å². The van der Waals surface area contributed by atoms with Crippen molar-refractivity contribution in [2.75, 3.05) is 6.61 Å². The van der Waals surface area contributed by atoms with E-state index in [2.05, 4.69) is 19.1 Å². The van der Waals surface area contributed by atoms with Gasteiger partial charge in [0.2, 0.25) is 0 Å². The fourth-order valence-corrected chi connectivity index (χ4v) is 3.71. The van der Waals surface area contributed by atoms with Gasteiger partial charge >= 0.3 is 51.4 Å². The second-order valence-corrected chi connectivity index (χ2v) is 9.09. The fourth-order valence-electron chi connectivity index (χ4n) is 3.24. The molecular weight excluding hydrogens is 423 g/mol. The van der Waals surface area contributed by atoms with Gasteiger partial charge in [0.25, 0.3) is 0 Å². The van der Waals surface area contributed by atoms with E-state index in [0.717, 1.165) is 12.8 Å². The van der Waals surface area contributed by atoms with Crippen molar-refractivity contribution in [3.8, 4) is 5.75 Å². The number of allylic oxidation sites excluding steroid dienone is 2. The normalized spacial score (nSPS) is 11.5. The summed E-state index contributed by atoms with van der Waals surface area (Å²) in [6, 6.07) is 5.65. The van der Waals surface area contributed by atoms with Crippen LogP contribution in [-0.4, -0.2) is 19.6 Å². The molecule has 30 heavy (non-hydrogen) atoms. The Bertz CT molecular complexity index is 642. The van der Waals surface area contributed by atoms with Crippen LogP contribution in [0.2, 0.25) is 0 Å². The maximum Gasteiger partial charge on any atom is 1.00 e. The van der Waals surface area contributed by atoms with E-state index in [1.165, 1.54) is 101 Å². The minimum atomic E-state index is -4.38. The van der Waals surface area contributed by atoms with Crippen molar-refractivity contribution in [2.45, 2.75) is 102 Å². The van der Waals surface area contributed by atoms with Crippen molar-refractivity contribution in [1.82, 2.24) is 0 Å². The van der Waals surface area contributed by atoms with Crippen LogP contribution in [0.5, 0.6) is 5.75 Å². The monoisotopic (exact) mass is 462 g/mol. The van der Waals surface area contributed by atoms with E-state index in [-0.39, 0.29) is 56.3 Å². The Morgan fingerprint density at radius 1 is 0.767 bits per heavy atom. The van der Waals surface area contributed by atoms with Crippen LogP contribution in [0.25, 0.3) is 0 Å². The van der Waals surface area contributed by atoms with Gasteiger partial charge in [-0.15, -0.1) is 0 Å².